The predicted octanol–water partition coefficient (Wildman–Crippen LogP) is 3.24. The van der Waals surface area contributed by atoms with Gasteiger partial charge in [0.1, 0.15) is 5.82 Å². The first-order valence-corrected chi connectivity index (χ1v) is 8.82. The van der Waals surface area contributed by atoms with Crippen LogP contribution in [0.15, 0.2) is 0 Å². The summed E-state index contributed by atoms with van der Waals surface area (Å²) >= 11 is 0. The van der Waals surface area contributed by atoms with Crippen molar-refractivity contribution in [1.82, 2.24) is 20.1 Å². The summed E-state index contributed by atoms with van der Waals surface area (Å²) in [6.07, 6.45) is 4.03. The van der Waals surface area contributed by atoms with E-state index < -0.39 is 12.1 Å². The molecule has 0 atom stereocenters. The molecule has 1 aromatic rings. The number of nitrogens with zero attached hydrogens (tertiary/aromatic N) is 3. The van der Waals surface area contributed by atoms with Crippen molar-refractivity contribution in [2.24, 2.45) is 13.0 Å². The minimum Gasteiger partial charge on any atom is -0.475 e. The van der Waals surface area contributed by atoms with Crippen LogP contribution in [-0.4, -0.2) is 44.6 Å². The summed E-state index contributed by atoms with van der Waals surface area (Å²) < 4.78 is 33.4. The summed E-state index contributed by atoms with van der Waals surface area (Å²) in [5.74, 6) is -0.851. The molecule has 0 spiro atoms. The number of amides is 2. The SMILES string of the molecule is Cc1nc(NC(=O)NCCC2CCCCCC2)nn1C.O=C(O)C(F)(F)F. The van der Waals surface area contributed by atoms with Gasteiger partial charge in [0, 0.05) is 13.6 Å². The van der Waals surface area contributed by atoms with Gasteiger partial charge in [0.2, 0.25) is 5.95 Å². The van der Waals surface area contributed by atoms with Gasteiger partial charge in [0.25, 0.3) is 0 Å². The highest BCUT2D eigenvalue weighted by Gasteiger charge is 2.38. The first-order chi connectivity index (χ1) is 12.6. The Bertz CT molecular complexity index is 591. The number of aliphatic carboxylic acids is 1. The Morgan fingerprint density at radius 3 is 2.22 bits per heavy atom. The van der Waals surface area contributed by atoms with Crippen molar-refractivity contribution in [2.45, 2.75) is 58.0 Å². The van der Waals surface area contributed by atoms with E-state index in [-0.39, 0.29) is 6.03 Å². The Morgan fingerprint density at radius 2 is 1.78 bits per heavy atom. The topological polar surface area (TPSA) is 109 Å². The minimum absolute atomic E-state index is 0.218. The number of alkyl halides is 3. The molecule has 1 heterocycles. The van der Waals surface area contributed by atoms with Crippen LogP contribution in [-0.2, 0) is 11.8 Å². The number of hydrogen-bond acceptors (Lipinski definition) is 4. The number of urea groups is 1. The second kappa shape index (κ2) is 10.7. The molecule has 2 amide bonds. The van der Waals surface area contributed by atoms with E-state index in [1.54, 1.807) is 11.7 Å². The Kier molecular flexibility index (Phi) is 9.03. The largest absolute Gasteiger partial charge is 0.490 e. The van der Waals surface area contributed by atoms with Gasteiger partial charge >= 0.3 is 18.2 Å². The van der Waals surface area contributed by atoms with Crippen LogP contribution >= 0.6 is 0 Å². The normalized spacial score (nSPS) is 15.3. The molecule has 0 unspecified atom stereocenters. The summed E-state index contributed by atoms with van der Waals surface area (Å²) in [4.78, 5) is 24.8. The maximum Gasteiger partial charge on any atom is 0.490 e. The van der Waals surface area contributed by atoms with Crippen molar-refractivity contribution in [1.29, 1.82) is 0 Å². The van der Waals surface area contributed by atoms with Crippen LogP contribution in [0.1, 0.15) is 50.8 Å². The van der Waals surface area contributed by atoms with Crippen molar-refractivity contribution < 1.29 is 27.9 Å². The number of carboxylic acid groups (broad SMARTS) is 1. The molecule has 1 aromatic heterocycles. The van der Waals surface area contributed by atoms with Crippen LogP contribution in [0.2, 0.25) is 0 Å². The van der Waals surface area contributed by atoms with Crippen molar-refractivity contribution in [3.05, 3.63) is 5.82 Å². The molecule has 11 heteroatoms. The van der Waals surface area contributed by atoms with Crippen molar-refractivity contribution >= 4 is 17.9 Å². The highest BCUT2D eigenvalue weighted by Crippen LogP contribution is 2.24. The monoisotopic (exact) mass is 393 g/mol. The molecule has 0 aliphatic heterocycles. The van der Waals surface area contributed by atoms with Crippen LogP contribution in [0.3, 0.4) is 0 Å². The standard InChI is InChI=1S/C14H25N5O.C2HF3O2/c1-11-16-13(18-19(11)2)17-14(20)15-10-9-12-7-5-3-4-6-8-12;3-2(4,5)1(6)7/h12H,3-10H2,1-2H3,(H2,15,17,18,20);(H,6,7). The number of hydrogen-bond donors (Lipinski definition) is 3. The molecule has 0 radical (unpaired) electrons. The molecule has 1 saturated carbocycles. The molecule has 1 aliphatic rings. The first-order valence-electron chi connectivity index (χ1n) is 8.82. The molecule has 2 rings (SSSR count). The van der Waals surface area contributed by atoms with Gasteiger partial charge in [-0.3, -0.25) is 10.00 Å². The first kappa shape index (κ1) is 22.7. The molecule has 3 N–H and O–H groups in total. The highest BCUT2D eigenvalue weighted by atomic mass is 19.4. The predicted molar refractivity (Wildman–Crippen MR) is 92.3 cm³/mol. The van der Waals surface area contributed by atoms with E-state index in [1.807, 2.05) is 6.92 Å². The zero-order valence-electron chi connectivity index (χ0n) is 15.5. The average molecular weight is 393 g/mol. The van der Waals surface area contributed by atoms with Crippen LogP contribution < -0.4 is 10.6 Å². The molecular formula is C16H26F3N5O3. The minimum atomic E-state index is -5.08. The van der Waals surface area contributed by atoms with Gasteiger partial charge in [0.05, 0.1) is 0 Å². The van der Waals surface area contributed by atoms with Crippen molar-refractivity contribution in [3.63, 3.8) is 0 Å². The fourth-order valence-corrected chi connectivity index (χ4v) is 2.70. The molecule has 0 aromatic carbocycles. The lowest BCUT2D eigenvalue weighted by Gasteiger charge is -2.13. The Labute approximate surface area is 155 Å². The Hall–Kier alpha value is -2.33. The summed E-state index contributed by atoms with van der Waals surface area (Å²) in [7, 11) is 1.80. The maximum atomic E-state index is 11.7. The fourth-order valence-electron chi connectivity index (χ4n) is 2.70. The smallest absolute Gasteiger partial charge is 0.475 e. The van der Waals surface area contributed by atoms with E-state index in [1.165, 1.54) is 38.5 Å². The van der Waals surface area contributed by atoms with E-state index in [0.29, 0.717) is 5.95 Å². The van der Waals surface area contributed by atoms with Crippen LogP contribution in [0, 0.1) is 12.8 Å². The zero-order valence-corrected chi connectivity index (χ0v) is 15.5. The third kappa shape index (κ3) is 9.25. The lowest BCUT2D eigenvalue weighted by atomic mass is 9.97. The molecule has 1 aliphatic carbocycles. The van der Waals surface area contributed by atoms with Gasteiger partial charge < -0.3 is 10.4 Å². The number of aromatic nitrogens is 3. The lowest BCUT2D eigenvalue weighted by Crippen LogP contribution is -2.31. The van der Waals surface area contributed by atoms with Gasteiger partial charge in [-0.15, -0.1) is 5.10 Å². The highest BCUT2D eigenvalue weighted by molar-refractivity contribution is 5.87. The second-order valence-electron chi connectivity index (χ2n) is 6.44. The summed E-state index contributed by atoms with van der Waals surface area (Å²) in [6, 6.07) is -0.218. The van der Waals surface area contributed by atoms with Gasteiger partial charge in [-0.25, -0.2) is 9.59 Å². The maximum absolute atomic E-state index is 11.7. The summed E-state index contributed by atoms with van der Waals surface area (Å²) in [6.45, 7) is 2.57. The number of halogens is 3. The zero-order chi connectivity index (χ0) is 20.4. The number of nitrogens with one attached hydrogen (secondary N) is 2. The van der Waals surface area contributed by atoms with E-state index in [0.717, 1.165) is 24.7 Å². The number of carboxylic acids is 1. The number of carbonyl (C=O) groups is 2. The molecule has 0 saturated heterocycles. The lowest BCUT2D eigenvalue weighted by molar-refractivity contribution is -0.192. The fraction of sp³-hybridized carbons (Fsp3) is 0.750. The molecule has 0 bridgehead atoms. The molecular weight excluding hydrogens is 367 g/mol. The van der Waals surface area contributed by atoms with Gasteiger partial charge in [-0.1, -0.05) is 38.5 Å². The number of carbonyl (C=O) groups excluding carboxylic acids is 1. The van der Waals surface area contributed by atoms with E-state index in [9.17, 15) is 18.0 Å². The van der Waals surface area contributed by atoms with Crippen LogP contribution in [0.5, 0.6) is 0 Å². The third-order valence-electron chi connectivity index (χ3n) is 4.26. The average Bonchev–Trinajstić information content (AvgIpc) is 2.76. The van der Waals surface area contributed by atoms with Crippen LogP contribution in [0.4, 0.5) is 23.9 Å². The summed E-state index contributed by atoms with van der Waals surface area (Å²) in [5, 5.41) is 16.8. The van der Waals surface area contributed by atoms with Gasteiger partial charge in [-0.2, -0.15) is 18.2 Å². The van der Waals surface area contributed by atoms with E-state index in [2.05, 4.69) is 20.7 Å². The van der Waals surface area contributed by atoms with Gasteiger partial charge in [-0.05, 0) is 19.3 Å². The molecule has 154 valence electrons. The molecule has 1 fully saturated rings. The summed E-state index contributed by atoms with van der Waals surface area (Å²) in [5.41, 5.74) is 0. The van der Waals surface area contributed by atoms with Crippen molar-refractivity contribution in [3.8, 4) is 0 Å². The number of rotatable bonds is 4. The quantitative estimate of drug-likeness (QED) is 0.681. The van der Waals surface area contributed by atoms with Crippen LogP contribution in [0.25, 0.3) is 0 Å². The molecule has 27 heavy (non-hydrogen) atoms. The van der Waals surface area contributed by atoms with E-state index in [4.69, 9.17) is 9.90 Å². The molecule has 8 nitrogen and oxygen atoms in total. The van der Waals surface area contributed by atoms with E-state index >= 15 is 0 Å². The number of anilines is 1. The third-order valence-corrected chi connectivity index (χ3v) is 4.26. The van der Waals surface area contributed by atoms with Gasteiger partial charge in [0.15, 0.2) is 0 Å². The second-order valence-corrected chi connectivity index (χ2v) is 6.44. The Balaban J connectivity index is 0.000000445. The number of aryl methyl sites for hydroxylation is 2. The Morgan fingerprint density at radius 1 is 1.22 bits per heavy atom. The van der Waals surface area contributed by atoms with Crippen molar-refractivity contribution in [2.75, 3.05) is 11.9 Å².